The van der Waals surface area contributed by atoms with E-state index in [0.717, 1.165) is 45.4 Å². The first-order valence-electron chi connectivity index (χ1n) is 7.56. The molecule has 0 aromatic rings. The van der Waals surface area contributed by atoms with Gasteiger partial charge in [0.15, 0.2) is 0 Å². The van der Waals surface area contributed by atoms with Gasteiger partial charge >= 0.3 is 0 Å². The maximum atomic E-state index is 12.1. The molecular formula is C15H30N2O2. The summed E-state index contributed by atoms with van der Waals surface area (Å²) in [6.45, 7) is 10.9. The second-order valence-electron chi connectivity index (χ2n) is 6.40. The molecule has 1 aliphatic rings. The SMILES string of the molecule is CC(C)OCCCCNC(=O)C1NCCCC1(C)C. The molecule has 4 heteroatoms. The molecule has 0 bridgehead atoms. The van der Waals surface area contributed by atoms with Gasteiger partial charge in [-0.1, -0.05) is 13.8 Å². The average molecular weight is 270 g/mol. The third-order valence-corrected chi connectivity index (χ3v) is 3.71. The fraction of sp³-hybridized carbons (Fsp3) is 0.933. The lowest BCUT2D eigenvalue weighted by Crippen LogP contribution is -2.55. The van der Waals surface area contributed by atoms with Gasteiger partial charge in [-0.3, -0.25) is 4.79 Å². The summed E-state index contributed by atoms with van der Waals surface area (Å²) < 4.78 is 5.47. The van der Waals surface area contributed by atoms with Gasteiger partial charge in [0, 0.05) is 13.2 Å². The summed E-state index contributed by atoms with van der Waals surface area (Å²) in [6.07, 6.45) is 4.54. The molecule has 0 spiro atoms. The van der Waals surface area contributed by atoms with E-state index in [-0.39, 0.29) is 17.4 Å². The van der Waals surface area contributed by atoms with E-state index in [2.05, 4.69) is 24.5 Å². The lowest BCUT2D eigenvalue weighted by molar-refractivity contribution is -0.126. The highest BCUT2D eigenvalue weighted by Gasteiger charge is 2.36. The fourth-order valence-corrected chi connectivity index (χ4v) is 2.52. The third kappa shape index (κ3) is 5.91. The van der Waals surface area contributed by atoms with Crippen molar-refractivity contribution in [2.24, 2.45) is 5.41 Å². The van der Waals surface area contributed by atoms with Crippen molar-refractivity contribution in [1.29, 1.82) is 0 Å². The predicted molar refractivity (Wildman–Crippen MR) is 78.1 cm³/mol. The normalized spacial score (nSPS) is 22.5. The molecule has 1 amide bonds. The van der Waals surface area contributed by atoms with Gasteiger partial charge in [0.2, 0.25) is 5.91 Å². The molecule has 0 saturated carbocycles. The van der Waals surface area contributed by atoms with Crippen LogP contribution in [0.3, 0.4) is 0 Å². The molecule has 1 fully saturated rings. The number of hydrogen-bond acceptors (Lipinski definition) is 3. The zero-order valence-corrected chi connectivity index (χ0v) is 12.9. The van der Waals surface area contributed by atoms with Crippen LogP contribution < -0.4 is 10.6 Å². The van der Waals surface area contributed by atoms with E-state index in [1.54, 1.807) is 0 Å². The van der Waals surface area contributed by atoms with Crippen LogP contribution in [0, 0.1) is 5.41 Å². The van der Waals surface area contributed by atoms with E-state index in [9.17, 15) is 4.79 Å². The molecule has 0 aromatic heterocycles. The van der Waals surface area contributed by atoms with Crippen LogP contribution in [0.2, 0.25) is 0 Å². The van der Waals surface area contributed by atoms with Crippen LogP contribution in [0.15, 0.2) is 0 Å². The Labute approximate surface area is 117 Å². The second kappa shape index (κ2) is 7.85. The second-order valence-corrected chi connectivity index (χ2v) is 6.40. The molecule has 19 heavy (non-hydrogen) atoms. The maximum Gasteiger partial charge on any atom is 0.237 e. The summed E-state index contributed by atoms with van der Waals surface area (Å²) in [4.78, 5) is 12.1. The van der Waals surface area contributed by atoms with Crippen LogP contribution in [0.5, 0.6) is 0 Å². The third-order valence-electron chi connectivity index (χ3n) is 3.71. The van der Waals surface area contributed by atoms with Crippen molar-refractivity contribution in [1.82, 2.24) is 10.6 Å². The van der Waals surface area contributed by atoms with E-state index >= 15 is 0 Å². The van der Waals surface area contributed by atoms with Gasteiger partial charge in [0.1, 0.15) is 0 Å². The Morgan fingerprint density at radius 3 is 2.79 bits per heavy atom. The molecular weight excluding hydrogens is 240 g/mol. The van der Waals surface area contributed by atoms with Crippen molar-refractivity contribution in [3.05, 3.63) is 0 Å². The van der Waals surface area contributed by atoms with E-state index in [1.165, 1.54) is 0 Å². The van der Waals surface area contributed by atoms with Crippen LogP contribution in [0.1, 0.15) is 53.4 Å². The minimum absolute atomic E-state index is 0.0480. The zero-order valence-electron chi connectivity index (χ0n) is 12.9. The first kappa shape index (κ1) is 16.4. The molecule has 0 aromatic carbocycles. The molecule has 1 saturated heterocycles. The Balaban J connectivity index is 2.16. The number of carbonyl (C=O) groups is 1. The van der Waals surface area contributed by atoms with Gasteiger partial charge in [-0.15, -0.1) is 0 Å². The highest BCUT2D eigenvalue weighted by Crippen LogP contribution is 2.29. The quantitative estimate of drug-likeness (QED) is 0.696. The van der Waals surface area contributed by atoms with Crippen molar-refractivity contribution in [2.75, 3.05) is 19.7 Å². The molecule has 2 N–H and O–H groups in total. The van der Waals surface area contributed by atoms with E-state index in [4.69, 9.17) is 4.74 Å². The van der Waals surface area contributed by atoms with Gasteiger partial charge in [-0.2, -0.15) is 0 Å². The number of carbonyl (C=O) groups excluding carboxylic acids is 1. The predicted octanol–water partition coefficient (Wildman–Crippen LogP) is 2.09. The van der Waals surface area contributed by atoms with E-state index in [1.807, 2.05) is 13.8 Å². The highest BCUT2D eigenvalue weighted by atomic mass is 16.5. The standard InChI is InChI=1S/C15H30N2O2/c1-12(2)19-11-6-5-9-17-14(18)13-15(3,4)8-7-10-16-13/h12-13,16H,5-11H2,1-4H3,(H,17,18). The van der Waals surface area contributed by atoms with E-state index in [0.29, 0.717) is 6.10 Å². The fourth-order valence-electron chi connectivity index (χ4n) is 2.52. The summed E-state index contributed by atoms with van der Waals surface area (Å²) in [5, 5.41) is 6.38. The van der Waals surface area contributed by atoms with Crippen LogP contribution >= 0.6 is 0 Å². The molecule has 1 unspecified atom stereocenters. The Bertz CT molecular complexity index is 277. The molecule has 1 heterocycles. The molecule has 1 aliphatic heterocycles. The minimum Gasteiger partial charge on any atom is -0.379 e. The Morgan fingerprint density at radius 2 is 2.16 bits per heavy atom. The summed E-state index contributed by atoms with van der Waals surface area (Å²) in [7, 11) is 0. The lowest BCUT2D eigenvalue weighted by atomic mass is 9.77. The largest absolute Gasteiger partial charge is 0.379 e. The highest BCUT2D eigenvalue weighted by molar-refractivity contribution is 5.82. The Kier molecular flexibility index (Phi) is 6.80. The minimum atomic E-state index is -0.0480. The molecule has 0 aliphatic carbocycles. The van der Waals surface area contributed by atoms with Crippen molar-refractivity contribution >= 4 is 5.91 Å². The summed E-state index contributed by atoms with van der Waals surface area (Å²) in [5.74, 6) is 0.148. The van der Waals surface area contributed by atoms with Crippen LogP contribution in [0.25, 0.3) is 0 Å². The van der Waals surface area contributed by atoms with Gasteiger partial charge in [0.25, 0.3) is 0 Å². The first-order chi connectivity index (χ1) is 8.93. The molecule has 4 nitrogen and oxygen atoms in total. The average Bonchev–Trinajstić information content (AvgIpc) is 2.32. The van der Waals surface area contributed by atoms with Gasteiger partial charge in [0.05, 0.1) is 12.1 Å². The lowest BCUT2D eigenvalue weighted by Gasteiger charge is -2.38. The first-order valence-corrected chi connectivity index (χ1v) is 7.56. The topological polar surface area (TPSA) is 50.4 Å². The summed E-state index contributed by atoms with van der Waals surface area (Å²) >= 11 is 0. The molecule has 1 atom stereocenters. The monoisotopic (exact) mass is 270 g/mol. The zero-order chi connectivity index (χ0) is 14.3. The number of nitrogens with one attached hydrogen (secondary N) is 2. The van der Waals surface area contributed by atoms with Crippen LogP contribution in [-0.4, -0.2) is 37.7 Å². The van der Waals surface area contributed by atoms with Gasteiger partial charge < -0.3 is 15.4 Å². The molecule has 112 valence electrons. The number of rotatable bonds is 7. The van der Waals surface area contributed by atoms with Gasteiger partial charge in [-0.25, -0.2) is 0 Å². The van der Waals surface area contributed by atoms with Crippen molar-refractivity contribution < 1.29 is 9.53 Å². The van der Waals surface area contributed by atoms with Crippen LogP contribution in [-0.2, 0) is 9.53 Å². The summed E-state index contributed by atoms with van der Waals surface area (Å²) in [5.41, 5.74) is 0.0586. The van der Waals surface area contributed by atoms with Crippen molar-refractivity contribution in [3.8, 4) is 0 Å². The van der Waals surface area contributed by atoms with E-state index < -0.39 is 0 Å². The number of hydrogen-bond donors (Lipinski definition) is 2. The van der Waals surface area contributed by atoms with Crippen LogP contribution in [0.4, 0.5) is 0 Å². The molecule has 0 radical (unpaired) electrons. The van der Waals surface area contributed by atoms with Gasteiger partial charge in [-0.05, 0) is 51.5 Å². The Hall–Kier alpha value is -0.610. The summed E-state index contributed by atoms with van der Waals surface area (Å²) in [6, 6.07) is -0.0480. The number of unbranched alkanes of at least 4 members (excludes halogenated alkanes) is 1. The smallest absolute Gasteiger partial charge is 0.237 e. The molecule has 1 rings (SSSR count). The Morgan fingerprint density at radius 1 is 1.42 bits per heavy atom. The van der Waals surface area contributed by atoms with Crippen molar-refractivity contribution in [2.45, 2.75) is 65.5 Å². The number of piperidine rings is 1. The number of amides is 1. The maximum absolute atomic E-state index is 12.1. The number of ether oxygens (including phenoxy) is 1. The van der Waals surface area contributed by atoms with Crippen molar-refractivity contribution in [3.63, 3.8) is 0 Å².